The van der Waals surface area contributed by atoms with E-state index in [0.717, 1.165) is 67.6 Å². The van der Waals surface area contributed by atoms with Crippen LogP contribution in [0.2, 0.25) is 0 Å². The van der Waals surface area contributed by atoms with Gasteiger partial charge in [-0.3, -0.25) is 14.5 Å². The summed E-state index contributed by atoms with van der Waals surface area (Å²) in [6.07, 6.45) is 16.7. The second-order valence-corrected chi connectivity index (χ2v) is 14.8. The number of terminal acetylenes is 1. The Hall–Kier alpha value is -4.13. The lowest BCUT2D eigenvalue weighted by Gasteiger charge is -2.40. The maximum atomic E-state index is 17.7. The van der Waals surface area contributed by atoms with Crippen LogP contribution in [0.5, 0.6) is 0 Å². The second-order valence-electron chi connectivity index (χ2n) is 14.8. The number of hydrogen-bond donors (Lipinski definition) is 0. The molecule has 0 aliphatic carbocycles. The van der Waals surface area contributed by atoms with Gasteiger partial charge in [-0.1, -0.05) is 24.1 Å². The summed E-state index contributed by atoms with van der Waals surface area (Å²) >= 11 is 0. The lowest BCUT2D eigenvalue weighted by Crippen LogP contribution is -2.52. The number of aromatic nitrogens is 4. The Morgan fingerprint density at radius 3 is 2.46 bits per heavy atom. The number of benzene rings is 3. The van der Waals surface area contributed by atoms with Gasteiger partial charge in [0.15, 0.2) is 5.82 Å². The smallest absolute Gasteiger partial charge is 0.159 e. The van der Waals surface area contributed by atoms with Crippen molar-refractivity contribution in [1.29, 1.82) is 0 Å². The summed E-state index contributed by atoms with van der Waals surface area (Å²) in [6, 6.07) is 7.83. The Balaban J connectivity index is 1.30. The number of nitrogens with zero attached hydrogens (tertiary/aromatic N) is 7. The molecule has 0 radical (unpaired) electrons. The fourth-order valence-electron chi connectivity index (χ4n) is 9.76. The van der Waals surface area contributed by atoms with Crippen LogP contribution >= 0.6 is 0 Å². The molecule has 2 atom stereocenters. The molecule has 5 aromatic rings. The van der Waals surface area contributed by atoms with Crippen LogP contribution in [0.25, 0.3) is 43.7 Å². The number of rotatable bonds is 5. The molecule has 9 rings (SSSR count). The lowest BCUT2D eigenvalue weighted by molar-refractivity contribution is 0.181. The Morgan fingerprint density at radius 2 is 1.73 bits per heavy atom. The average Bonchev–Trinajstić information content (AvgIpc) is 3.80. The highest BCUT2D eigenvalue weighted by molar-refractivity contribution is 6.18. The van der Waals surface area contributed by atoms with Crippen LogP contribution in [0.1, 0.15) is 61.9 Å². The van der Waals surface area contributed by atoms with Gasteiger partial charge in [0.05, 0.1) is 10.9 Å². The molecule has 0 amide bonds. The zero-order valence-corrected chi connectivity index (χ0v) is 28.0. The highest BCUT2D eigenvalue weighted by Crippen LogP contribution is 2.46. The highest BCUT2D eigenvalue weighted by atomic mass is 19.1. The minimum absolute atomic E-state index is 0.125. The van der Waals surface area contributed by atoms with E-state index < -0.39 is 11.6 Å². The fourth-order valence-corrected chi connectivity index (χ4v) is 9.76. The zero-order valence-electron chi connectivity index (χ0n) is 28.0. The molecule has 246 valence electrons. The minimum Gasteiger partial charge on any atom is -0.353 e. The molecule has 0 N–H and O–H groups in total. The third-order valence-corrected chi connectivity index (χ3v) is 12.1. The maximum Gasteiger partial charge on any atom is 0.159 e. The third-order valence-electron chi connectivity index (χ3n) is 12.1. The highest BCUT2D eigenvalue weighted by Gasteiger charge is 2.44. The van der Waals surface area contributed by atoms with Crippen LogP contribution in [0.15, 0.2) is 30.5 Å². The van der Waals surface area contributed by atoms with Gasteiger partial charge in [-0.05, 0) is 94.6 Å². The molecule has 2 aromatic heterocycles. The minimum atomic E-state index is -0.502. The molecule has 6 heterocycles. The largest absolute Gasteiger partial charge is 0.353 e. The van der Waals surface area contributed by atoms with Gasteiger partial charge in [0.25, 0.3) is 0 Å². The SMILES string of the molecule is C#Cc1c(F)ccc2cc(C)cc(-c3c(F)c4nc(CCC56CCCN5CCC6)nc(N5CC6CCC(C5)N6C)c4c4cn(C)nc34)c12. The summed E-state index contributed by atoms with van der Waals surface area (Å²) in [6.45, 7) is 5.97. The van der Waals surface area contributed by atoms with E-state index in [9.17, 15) is 0 Å². The van der Waals surface area contributed by atoms with Gasteiger partial charge in [0, 0.05) is 66.7 Å². The number of halogens is 2. The summed E-state index contributed by atoms with van der Waals surface area (Å²) in [5.41, 5.74) is 2.90. The number of piperazine rings is 1. The number of fused-ring (bicyclic) bond motifs is 7. The van der Waals surface area contributed by atoms with Crippen LogP contribution in [0, 0.1) is 30.9 Å². The molecular weight excluding hydrogens is 604 g/mol. The average molecular weight is 646 g/mol. The number of anilines is 1. The third kappa shape index (κ3) is 4.41. The Kier molecular flexibility index (Phi) is 6.83. The van der Waals surface area contributed by atoms with E-state index in [1.54, 1.807) is 10.7 Å². The molecular formula is C39H41F2N7. The van der Waals surface area contributed by atoms with Gasteiger partial charge < -0.3 is 4.90 Å². The quantitative estimate of drug-likeness (QED) is 0.197. The fraction of sp³-hybridized carbons (Fsp3) is 0.462. The van der Waals surface area contributed by atoms with E-state index in [0.29, 0.717) is 57.3 Å². The van der Waals surface area contributed by atoms with Crippen molar-refractivity contribution in [2.45, 2.75) is 75.9 Å². The monoisotopic (exact) mass is 645 g/mol. The molecule has 48 heavy (non-hydrogen) atoms. The molecule has 4 fully saturated rings. The molecule has 3 aromatic carbocycles. The molecule has 2 bridgehead atoms. The summed E-state index contributed by atoms with van der Waals surface area (Å²) < 4.78 is 34.6. The topological polar surface area (TPSA) is 53.3 Å². The van der Waals surface area contributed by atoms with Gasteiger partial charge in [0.1, 0.15) is 28.5 Å². The predicted molar refractivity (Wildman–Crippen MR) is 187 cm³/mol. The molecule has 0 saturated carbocycles. The summed E-state index contributed by atoms with van der Waals surface area (Å²) in [4.78, 5) is 17.9. The first-order chi connectivity index (χ1) is 23.2. The van der Waals surface area contributed by atoms with Crippen molar-refractivity contribution < 1.29 is 8.78 Å². The van der Waals surface area contributed by atoms with Gasteiger partial charge >= 0.3 is 0 Å². The first-order valence-electron chi connectivity index (χ1n) is 17.5. The Bertz CT molecular complexity index is 2160. The Labute approximate surface area is 279 Å². The van der Waals surface area contributed by atoms with Crippen LogP contribution in [0.3, 0.4) is 0 Å². The maximum absolute atomic E-state index is 17.7. The van der Waals surface area contributed by atoms with Gasteiger partial charge in [-0.25, -0.2) is 18.7 Å². The molecule has 0 spiro atoms. The molecule has 9 heteroatoms. The molecule has 2 unspecified atom stereocenters. The van der Waals surface area contributed by atoms with E-state index in [-0.39, 0.29) is 11.1 Å². The van der Waals surface area contributed by atoms with E-state index in [1.165, 1.54) is 31.7 Å². The van der Waals surface area contributed by atoms with Crippen molar-refractivity contribution in [3.05, 3.63) is 59.0 Å². The summed E-state index contributed by atoms with van der Waals surface area (Å²) in [7, 11) is 4.08. The van der Waals surface area contributed by atoms with Crippen molar-refractivity contribution in [3.8, 4) is 23.5 Å². The van der Waals surface area contributed by atoms with Crippen LogP contribution in [0.4, 0.5) is 14.6 Å². The van der Waals surface area contributed by atoms with Crippen LogP contribution in [-0.2, 0) is 13.5 Å². The standard InChI is InChI=1S/C39H41F2N7/c1-5-27-30(40)11-8-24-18-23(2)19-28(32(24)27)33-35(41)37-34(29-22-45(3)44-36(29)33)38(47-20-25-9-10-26(21-47)46(25)4)43-31(42-37)12-15-39-13-6-16-48(39)17-7-14-39/h1,8,11,18-19,22,25-26H,6-7,9-10,12-17,20-21H2,2-4H3. The molecule has 4 saturated heterocycles. The van der Waals surface area contributed by atoms with Crippen molar-refractivity contribution in [1.82, 2.24) is 29.5 Å². The molecule has 4 aliphatic rings. The van der Waals surface area contributed by atoms with Crippen LogP contribution < -0.4 is 4.90 Å². The van der Waals surface area contributed by atoms with Crippen molar-refractivity contribution in [3.63, 3.8) is 0 Å². The molecule has 7 nitrogen and oxygen atoms in total. The van der Waals surface area contributed by atoms with Gasteiger partial charge in [-0.15, -0.1) is 6.42 Å². The normalized spacial score (nSPS) is 22.4. The lowest BCUT2D eigenvalue weighted by atomic mass is 9.88. The second kappa shape index (κ2) is 10.9. The number of likely N-dealkylation sites (N-methyl/N-ethyl adjacent to an activating group) is 1. The van der Waals surface area contributed by atoms with Crippen LogP contribution in [-0.4, -0.2) is 80.4 Å². The van der Waals surface area contributed by atoms with Crippen molar-refractivity contribution >= 4 is 38.4 Å². The zero-order chi connectivity index (χ0) is 32.9. The first-order valence-corrected chi connectivity index (χ1v) is 17.5. The predicted octanol–water partition coefficient (Wildman–Crippen LogP) is 6.75. The van der Waals surface area contributed by atoms with Gasteiger partial charge in [-0.2, -0.15) is 5.10 Å². The van der Waals surface area contributed by atoms with E-state index in [4.69, 9.17) is 21.5 Å². The van der Waals surface area contributed by atoms with E-state index >= 15 is 8.78 Å². The van der Waals surface area contributed by atoms with Gasteiger partial charge in [0.2, 0.25) is 0 Å². The number of hydrogen-bond acceptors (Lipinski definition) is 6. The summed E-state index contributed by atoms with van der Waals surface area (Å²) in [5.74, 6) is 3.09. The summed E-state index contributed by atoms with van der Waals surface area (Å²) in [5, 5.41) is 7.62. The Morgan fingerprint density at radius 1 is 0.979 bits per heavy atom. The molecule has 4 aliphatic heterocycles. The van der Waals surface area contributed by atoms with E-state index in [1.807, 2.05) is 32.3 Å². The number of aryl methyl sites for hydroxylation is 3. The van der Waals surface area contributed by atoms with Crippen molar-refractivity contribution in [2.75, 3.05) is 38.1 Å². The van der Waals surface area contributed by atoms with Crippen molar-refractivity contribution in [2.24, 2.45) is 7.05 Å². The van der Waals surface area contributed by atoms with E-state index in [2.05, 4.69) is 27.7 Å². The first kappa shape index (κ1) is 30.0.